The second-order valence-electron chi connectivity index (χ2n) is 4.35. The molecule has 0 unspecified atom stereocenters. The monoisotopic (exact) mass is 219 g/mol. The van der Waals surface area contributed by atoms with Crippen LogP contribution in [0.4, 0.5) is 5.69 Å². The molecule has 1 aromatic carbocycles. The highest BCUT2D eigenvalue weighted by atomic mass is 16.5. The van der Waals surface area contributed by atoms with Gasteiger partial charge in [0.15, 0.2) is 0 Å². The van der Waals surface area contributed by atoms with Crippen molar-refractivity contribution < 1.29 is 4.74 Å². The molecule has 0 aromatic heterocycles. The lowest BCUT2D eigenvalue weighted by Gasteiger charge is -2.36. The molecule has 1 aliphatic heterocycles. The van der Waals surface area contributed by atoms with Crippen molar-refractivity contribution in [2.75, 3.05) is 25.9 Å². The maximum absolute atomic E-state index is 7.21. The van der Waals surface area contributed by atoms with Crippen LogP contribution in [0.1, 0.15) is 11.1 Å². The van der Waals surface area contributed by atoms with Crippen molar-refractivity contribution in [3.63, 3.8) is 0 Å². The number of nitrogens with zero attached hydrogens (tertiary/aromatic N) is 1. The van der Waals surface area contributed by atoms with Gasteiger partial charge in [-0.2, -0.15) is 0 Å². The minimum atomic E-state index is 0.272. The first-order valence-corrected chi connectivity index (χ1v) is 5.36. The Morgan fingerprint density at radius 2 is 2.19 bits per heavy atom. The molecule has 1 saturated heterocycles. The van der Waals surface area contributed by atoms with Crippen LogP contribution in [0.25, 0.3) is 0 Å². The van der Waals surface area contributed by atoms with E-state index in [4.69, 9.17) is 15.9 Å². The molecule has 0 spiro atoms. The third-order valence-corrected chi connectivity index (χ3v) is 2.86. The van der Waals surface area contributed by atoms with E-state index in [2.05, 4.69) is 11.9 Å². The second-order valence-corrected chi connectivity index (χ2v) is 4.35. The fourth-order valence-corrected chi connectivity index (χ4v) is 1.87. The van der Waals surface area contributed by atoms with Crippen LogP contribution < -0.4 is 10.5 Å². The van der Waals surface area contributed by atoms with E-state index in [1.54, 1.807) is 0 Å². The number of likely N-dealkylation sites (N-methyl/N-ethyl adjacent to an activating group) is 1. The van der Waals surface area contributed by atoms with E-state index >= 15 is 0 Å². The molecule has 86 valence electrons. The average Bonchev–Trinajstić information content (AvgIpc) is 2.20. The number of benzene rings is 1. The molecule has 1 fully saturated rings. The van der Waals surface area contributed by atoms with Crippen LogP contribution >= 0.6 is 0 Å². The van der Waals surface area contributed by atoms with Crippen molar-refractivity contribution in [1.29, 1.82) is 5.41 Å². The van der Waals surface area contributed by atoms with Crippen LogP contribution in [-0.4, -0.2) is 37.4 Å². The van der Waals surface area contributed by atoms with Gasteiger partial charge in [-0.3, -0.25) is 4.90 Å². The van der Waals surface area contributed by atoms with Crippen molar-refractivity contribution in [1.82, 2.24) is 4.90 Å². The predicted octanol–water partition coefficient (Wildman–Crippen LogP) is 1.27. The summed E-state index contributed by atoms with van der Waals surface area (Å²) in [7, 11) is 2.07. The fourth-order valence-electron chi connectivity index (χ4n) is 1.87. The molecule has 0 radical (unpaired) electrons. The van der Waals surface area contributed by atoms with Crippen molar-refractivity contribution in [2.24, 2.45) is 0 Å². The Morgan fingerprint density at radius 1 is 1.50 bits per heavy atom. The largest absolute Gasteiger partial charge is 0.487 e. The van der Waals surface area contributed by atoms with Gasteiger partial charge in [0.1, 0.15) is 11.9 Å². The molecule has 0 aliphatic carbocycles. The Kier molecular flexibility index (Phi) is 2.83. The number of nitrogens with two attached hydrogens (primary N) is 1. The Balaban J connectivity index is 2.15. The van der Waals surface area contributed by atoms with Gasteiger partial charge in [-0.25, -0.2) is 0 Å². The van der Waals surface area contributed by atoms with Crippen LogP contribution in [-0.2, 0) is 0 Å². The number of anilines is 1. The summed E-state index contributed by atoms with van der Waals surface area (Å²) < 4.78 is 5.84. The lowest BCUT2D eigenvalue weighted by atomic mass is 10.1. The van der Waals surface area contributed by atoms with Crippen LogP contribution in [0.2, 0.25) is 0 Å². The highest BCUT2D eigenvalue weighted by Gasteiger charge is 2.25. The summed E-state index contributed by atoms with van der Waals surface area (Å²) in [4.78, 5) is 2.20. The van der Waals surface area contributed by atoms with Crippen molar-refractivity contribution in [3.05, 3.63) is 23.3 Å². The zero-order valence-corrected chi connectivity index (χ0v) is 9.66. The molecule has 0 atom stereocenters. The van der Waals surface area contributed by atoms with Gasteiger partial charge >= 0.3 is 0 Å². The van der Waals surface area contributed by atoms with Crippen LogP contribution in [0.5, 0.6) is 5.75 Å². The summed E-state index contributed by atoms with van der Waals surface area (Å²) in [5.74, 6) is 0.834. The van der Waals surface area contributed by atoms with Gasteiger partial charge < -0.3 is 15.9 Å². The topological polar surface area (TPSA) is 62.3 Å². The first-order valence-electron chi connectivity index (χ1n) is 5.36. The summed E-state index contributed by atoms with van der Waals surface area (Å²) in [5, 5.41) is 7.21. The number of nitrogens with one attached hydrogen (secondary N) is 1. The molecule has 1 aromatic rings. The zero-order valence-electron chi connectivity index (χ0n) is 9.66. The van der Waals surface area contributed by atoms with E-state index in [0.717, 1.165) is 30.0 Å². The number of hydrogen-bond donors (Lipinski definition) is 2. The zero-order chi connectivity index (χ0) is 11.7. The fraction of sp³-hybridized carbons (Fsp3) is 0.417. The molecule has 16 heavy (non-hydrogen) atoms. The van der Waals surface area contributed by atoms with Crippen molar-refractivity contribution in [2.45, 2.75) is 13.0 Å². The number of rotatable bonds is 3. The second kappa shape index (κ2) is 4.14. The Morgan fingerprint density at radius 3 is 2.75 bits per heavy atom. The quantitative estimate of drug-likeness (QED) is 0.594. The van der Waals surface area contributed by atoms with E-state index in [1.165, 1.54) is 6.21 Å². The van der Waals surface area contributed by atoms with E-state index in [0.29, 0.717) is 5.69 Å². The number of nitrogen functional groups attached to an aromatic ring is 1. The molecule has 1 aliphatic rings. The first kappa shape index (κ1) is 11.0. The SMILES string of the molecule is Cc1cc(C=N)c(N)cc1OC1CN(C)C1. The highest BCUT2D eigenvalue weighted by molar-refractivity contribution is 5.85. The van der Waals surface area contributed by atoms with Gasteiger partial charge in [0.05, 0.1) is 0 Å². The summed E-state index contributed by atoms with van der Waals surface area (Å²) in [6, 6.07) is 3.70. The molecule has 3 N–H and O–H groups in total. The van der Waals surface area contributed by atoms with Crippen LogP contribution in [0, 0.1) is 12.3 Å². The first-order chi connectivity index (χ1) is 7.60. The molecule has 4 nitrogen and oxygen atoms in total. The van der Waals surface area contributed by atoms with Gasteiger partial charge in [-0.05, 0) is 25.6 Å². The van der Waals surface area contributed by atoms with E-state index in [9.17, 15) is 0 Å². The number of ether oxygens (including phenoxy) is 1. The summed E-state index contributed by atoms with van der Waals surface area (Å²) in [5.41, 5.74) is 8.20. The summed E-state index contributed by atoms with van der Waals surface area (Å²) >= 11 is 0. The van der Waals surface area contributed by atoms with Gasteiger partial charge in [-0.1, -0.05) is 0 Å². The minimum Gasteiger partial charge on any atom is -0.487 e. The predicted molar refractivity (Wildman–Crippen MR) is 65.4 cm³/mol. The Labute approximate surface area is 95.5 Å². The maximum Gasteiger partial charge on any atom is 0.124 e. The third kappa shape index (κ3) is 2.02. The normalized spacial score (nSPS) is 16.9. The molecule has 4 heteroatoms. The van der Waals surface area contributed by atoms with E-state index in [-0.39, 0.29) is 6.10 Å². The summed E-state index contributed by atoms with van der Waals surface area (Å²) in [6.07, 6.45) is 1.54. The number of hydrogen-bond acceptors (Lipinski definition) is 4. The summed E-state index contributed by atoms with van der Waals surface area (Å²) in [6.45, 7) is 3.90. The van der Waals surface area contributed by atoms with E-state index < -0.39 is 0 Å². The molecular formula is C12H17N3O. The smallest absolute Gasteiger partial charge is 0.124 e. The molecule has 0 amide bonds. The van der Waals surface area contributed by atoms with Crippen molar-refractivity contribution in [3.8, 4) is 5.75 Å². The molecule has 1 heterocycles. The highest BCUT2D eigenvalue weighted by Crippen LogP contribution is 2.26. The van der Waals surface area contributed by atoms with Crippen LogP contribution in [0.15, 0.2) is 12.1 Å². The van der Waals surface area contributed by atoms with Crippen LogP contribution in [0.3, 0.4) is 0 Å². The van der Waals surface area contributed by atoms with Gasteiger partial charge in [0.2, 0.25) is 0 Å². The molecule has 0 saturated carbocycles. The standard InChI is InChI=1S/C12H17N3O/c1-8-3-9(5-13)11(14)4-12(8)16-10-6-15(2)7-10/h3-5,10,13H,6-7,14H2,1-2H3. The lowest BCUT2D eigenvalue weighted by molar-refractivity contribution is 0.0384. The Hall–Kier alpha value is -1.55. The number of aryl methyl sites for hydroxylation is 1. The average molecular weight is 219 g/mol. The third-order valence-electron chi connectivity index (χ3n) is 2.86. The van der Waals surface area contributed by atoms with Gasteiger partial charge in [0.25, 0.3) is 0 Å². The lowest BCUT2D eigenvalue weighted by Crippen LogP contribution is -2.51. The maximum atomic E-state index is 7.21. The number of likely N-dealkylation sites (tertiary alicyclic amines) is 1. The van der Waals surface area contributed by atoms with E-state index in [1.807, 2.05) is 19.1 Å². The minimum absolute atomic E-state index is 0.272. The molecule has 0 bridgehead atoms. The Bertz CT molecular complexity index is 411. The van der Waals surface area contributed by atoms with Crippen molar-refractivity contribution >= 4 is 11.9 Å². The molecule has 2 rings (SSSR count). The molecular weight excluding hydrogens is 202 g/mol. The van der Waals surface area contributed by atoms with Gasteiger partial charge in [-0.15, -0.1) is 0 Å². The van der Waals surface area contributed by atoms with Gasteiger partial charge in [0, 0.05) is 36.6 Å².